The summed E-state index contributed by atoms with van der Waals surface area (Å²) in [4.78, 5) is 28.7. The Labute approximate surface area is 155 Å². The molecule has 0 spiro atoms. The molecular formula is C20H28N2O4. The van der Waals surface area contributed by atoms with Gasteiger partial charge in [0.2, 0.25) is 5.91 Å². The van der Waals surface area contributed by atoms with E-state index >= 15 is 0 Å². The molecule has 2 atom stereocenters. The second kappa shape index (κ2) is 9.03. The van der Waals surface area contributed by atoms with Crippen molar-refractivity contribution in [1.29, 1.82) is 0 Å². The van der Waals surface area contributed by atoms with Crippen LogP contribution in [-0.4, -0.2) is 68.1 Å². The van der Waals surface area contributed by atoms with Gasteiger partial charge in [0.25, 0.3) is 5.91 Å². The molecule has 0 radical (unpaired) electrons. The van der Waals surface area contributed by atoms with E-state index in [-0.39, 0.29) is 18.4 Å². The summed E-state index contributed by atoms with van der Waals surface area (Å²) in [5, 5.41) is 0. The Balaban J connectivity index is 1.51. The smallest absolute Gasteiger partial charge is 0.260 e. The number of methoxy groups -OCH3 is 1. The molecule has 2 amide bonds. The molecule has 6 heteroatoms. The number of hydrogen-bond acceptors (Lipinski definition) is 4. The third kappa shape index (κ3) is 4.75. The molecule has 2 unspecified atom stereocenters. The summed E-state index contributed by atoms with van der Waals surface area (Å²) >= 11 is 0. The minimum absolute atomic E-state index is 0.0270. The van der Waals surface area contributed by atoms with E-state index in [1.807, 2.05) is 40.1 Å². The number of rotatable bonds is 6. The van der Waals surface area contributed by atoms with Crippen LogP contribution in [0, 0.1) is 11.8 Å². The number of hydrogen-bond donors (Lipinski definition) is 0. The Kier molecular flexibility index (Phi) is 6.50. The number of likely N-dealkylation sites (tertiary alicyclic amines) is 2. The minimum atomic E-state index is 0.0270. The number of ether oxygens (including phenoxy) is 2. The minimum Gasteiger partial charge on any atom is -0.484 e. The molecule has 0 aliphatic carbocycles. The molecule has 0 N–H and O–H groups in total. The van der Waals surface area contributed by atoms with Gasteiger partial charge in [-0.3, -0.25) is 9.59 Å². The molecule has 26 heavy (non-hydrogen) atoms. The van der Waals surface area contributed by atoms with E-state index in [2.05, 4.69) is 0 Å². The van der Waals surface area contributed by atoms with E-state index in [9.17, 15) is 9.59 Å². The highest BCUT2D eigenvalue weighted by Crippen LogP contribution is 2.32. The normalized spacial score (nSPS) is 23.3. The lowest BCUT2D eigenvalue weighted by molar-refractivity contribution is -0.136. The molecule has 3 rings (SSSR count). The van der Waals surface area contributed by atoms with Crippen LogP contribution in [0.15, 0.2) is 30.3 Å². The van der Waals surface area contributed by atoms with E-state index in [4.69, 9.17) is 9.47 Å². The number of carbonyl (C=O) groups is 2. The zero-order valence-electron chi connectivity index (χ0n) is 15.4. The van der Waals surface area contributed by atoms with Gasteiger partial charge >= 0.3 is 0 Å². The molecule has 0 bridgehead atoms. The third-order valence-corrected chi connectivity index (χ3v) is 5.47. The van der Waals surface area contributed by atoms with Crippen LogP contribution >= 0.6 is 0 Å². The monoisotopic (exact) mass is 360 g/mol. The zero-order valence-corrected chi connectivity index (χ0v) is 15.4. The first-order valence-corrected chi connectivity index (χ1v) is 9.39. The lowest BCUT2D eigenvalue weighted by Crippen LogP contribution is -2.45. The number of amides is 2. The van der Waals surface area contributed by atoms with Crippen LogP contribution in [0.25, 0.3) is 0 Å². The molecular weight excluding hydrogens is 332 g/mol. The molecule has 2 saturated heterocycles. The average molecular weight is 360 g/mol. The Morgan fingerprint density at radius 1 is 1.15 bits per heavy atom. The first kappa shape index (κ1) is 18.7. The Morgan fingerprint density at radius 3 is 2.69 bits per heavy atom. The number of benzene rings is 1. The van der Waals surface area contributed by atoms with E-state index in [1.54, 1.807) is 7.11 Å². The summed E-state index contributed by atoms with van der Waals surface area (Å²) in [6.45, 7) is 3.49. The Hall–Kier alpha value is -2.08. The molecule has 2 heterocycles. The summed E-state index contributed by atoms with van der Waals surface area (Å²) in [5.41, 5.74) is 0. The summed E-state index contributed by atoms with van der Waals surface area (Å²) < 4.78 is 10.7. The number of fused-ring (bicyclic) bond motifs is 1. The van der Waals surface area contributed by atoms with E-state index in [0.717, 1.165) is 25.9 Å². The quantitative estimate of drug-likeness (QED) is 0.776. The molecule has 0 aromatic heterocycles. The van der Waals surface area contributed by atoms with Crippen molar-refractivity contribution in [2.45, 2.75) is 19.3 Å². The van der Waals surface area contributed by atoms with Crippen LogP contribution in [0.4, 0.5) is 0 Å². The lowest BCUT2D eigenvalue weighted by Gasteiger charge is -2.37. The SMILES string of the molecule is COCCN1CCC2CN(C(=O)COc3ccccc3)CCC2CC1=O. The van der Waals surface area contributed by atoms with Crippen molar-refractivity contribution < 1.29 is 19.1 Å². The van der Waals surface area contributed by atoms with Crippen LogP contribution in [0.1, 0.15) is 19.3 Å². The summed E-state index contributed by atoms with van der Waals surface area (Å²) in [6.07, 6.45) is 2.44. The largest absolute Gasteiger partial charge is 0.484 e. The van der Waals surface area contributed by atoms with Crippen molar-refractivity contribution in [1.82, 2.24) is 9.80 Å². The van der Waals surface area contributed by atoms with Gasteiger partial charge in [-0.25, -0.2) is 0 Å². The molecule has 2 aliphatic rings. The van der Waals surface area contributed by atoms with Crippen LogP contribution in [0.2, 0.25) is 0 Å². The Bertz CT molecular complexity index is 607. The van der Waals surface area contributed by atoms with Gasteiger partial charge in [0.15, 0.2) is 6.61 Å². The predicted molar refractivity (Wildman–Crippen MR) is 97.8 cm³/mol. The van der Waals surface area contributed by atoms with Crippen LogP contribution in [0.5, 0.6) is 5.75 Å². The predicted octanol–water partition coefficient (Wildman–Crippen LogP) is 1.80. The second-order valence-electron chi connectivity index (χ2n) is 7.12. The molecule has 142 valence electrons. The number of nitrogens with zero attached hydrogens (tertiary/aromatic N) is 2. The fourth-order valence-corrected chi connectivity index (χ4v) is 3.89. The highest BCUT2D eigenvalue weighted by atomic mass is 16.5. The molecule has 6 nitrogen and oxygen atoms in total. The fraction of sp³-hybridized carbons (Fsp3) is 0.600. The molecule has 2 aliphatic heterocycles. The molecule has 0 saturated carbocycles. The van der Waals surface area contributed by atoms with Crippen molar-refractivity contribution in [3.05, 3.63) is 30.3 Å². The highest BCUT2D eigenvalue weighted by Gasteiger charge is 2.36. The first-order chi connectivity index (χ1) is 12.7. The molecule has 1 aromatic rings. The third-order valence-electron chi connectivity index (χ3n) is 5.47. The number of carbonyl (C=O) groups excluding carboxylic acids is 2. The van der Waals surface area contributed by atoms with Gasteiger partial charge in [-0.05, 0) is 36.8 Å². The van der Waals surface area contributed by atoms with Crippen molar-refractivity contribution in [3.8, 4) is 5.75 Å². The lowest BCUT2D eigenvalue weighted by atomic mass is 9.82. The maximum atomic E-state index is 12.5. The fourth-order valence-electron chi connectivity index (χ4n) is 3.89. The van der Waals surface area contributed by atoms with Gasteiger partial charge in [-0.1, -0.05) is 18.2 Å². The standard InChI is InChI=1S/C20H28N2O4/c1-25-12-11-21-9-8-17-14-22(10-7-16(17)13-19(21)23)20(24)15-26-18-5-3-2-4-6-18/h2-6,16-17H,7-15H2,1H3. The van der Waals surface area contributed by atoms with Crippen molar-refractivity contribution in [2.75, 3.05) is 46.5 Å². The van der Waals surface area contributed by atoms with E-state index in [0.29, 0.717) is 43.7 Å². The maximum absolute atomic E-state index is 12.5. The van der Waals surface area contributed by atoms with Crippen molar-refractivity contribution in [3.63, 3.8) is 0 Å². The highest BCUT2D eigenvalue weighted by molar-refractivity contribution is 5.78. The van der Waals surface area contributed by atoms with Gasteiger partial charge in [-0.15, -0.1) is 0 Å². The first-order valence-electron chi connectivity index (χ1n) is 9.39. The summed E-state index contributed by atoms with van der Waals surface area (Å²) in [7, 11) is 1.66. The van der Waals surface area contributed by atoms with Crippen LogP contribution in [-0.2, 0) is 14.3 Å². The van der Waals surface area contributed by atoms with Crippen LogP contribution in [0.3, 0.4) is 0 Å². The summed E-state index contributed by atoms with van der Waals surface area (Å²) in [6, 6.07) is 9.41. The number of para-hydroxylation sites is 1. The van der Waals surface area contributed by atoms with Gasteiger partial charge in [0, 0.05) is 39.7 Å². The average Bonchev–Trinajstić information content (AvgIpc) is 2.83. The van der Waals surface area contributed by atoms with Gasteiger partial charge in [0.1, 0.15) is 5.75 Å². The van der Waals surface area contributed by atoms with Gasteiger partial charge in [-0.2, -0.15) is 0 Å². The van der Waals surface area contributed by atoms with Gasteiger partial charge < -0.3 is 19.3 Å². The maximum Gasteiger partial charge on any atom is 0.260 e. The Morgan fingerprint density at radius 2 is 1.92 bits per heavy atom. The van der Waals surface area contributed by atoms with Crippen molar-refractivity contribution in [2.24, 2.45) is 11.8 Å². The van der Waals surface area contributed by atoms with E-state index < -0.39 is 0 Å². The zero-order chi connectivity index (χ0) is 18.4. The van der Waals surface area contributed by atoms with E-state index in [1.165, 1.54) is 0 Å². The number of piperidine rings is 1. The molecule has 2 fully saturated rings. The van der Waals surface area contributed by atoms with Gasteiger partial charge in [0.05, 0.1) is 6.61 Å². The van der Waals surface area contributed by atoms with Crippen molar-refractivity contribution >= 4 is 11.8 Å². The second-order valence-corrected chi connectivity index (χ2v) is 7.12. The topological polar surface area (TPSA) is 59.1 Å². The van der Waals surface area contributed by atoms with Crippen LogP contribution < -0.4 is 4.74 Å². The molecule has 1 aromatic carbocycles. The summed E-state index contributed by atoms with van der Waals surface area (Å²) in [5.74, 6) is 1.74.